The van der Waals surface area contributed by atoms with Crippen molar-refractivity contribution >= 4 is 28.8 Å². The van der Waals surface area contributed by atoms with E-state index in [1.54, 1.807) is 37.3 Å². The Labute approximate surface area is 184 Å². The van der Waals surface area contributed by atoms with Crippen LogP contribution in [0.2, 0.25) is 0 Å². The molecule has 2 atom stereocenters. The maximum absolute atomic E-state index is 14.1. The van der Waals surface area contributed by atoms with Crippen LogP contribution in [0.15, 0.2) is 77.5 Å². The third kappa shape index (κ3) is 2.14. The Bertz CT molecular complexity index is 1330. The van der Waals surface area contributed by atoms with E-state index in [0.29, 0.717) is 11.4 Å². The Morgan fingerprint density at radius 1 is 0.969 bits per heavy atom. The van der Waals surface area contributed by atoms with Gasteiger partial charge in [-0.05, 0) is 45.1 Å². The summed E-state index contributed by atoms with van der Waals surface area (Å²) in [5, 5.41) is 23.4. The van der Waals surface area contributed by atoms with Crippen LogP contribution in [0.5, 0.6) is 0 Å². The van der Waals surface area contributed by atoms with Crippen LogP contribution in [0.3, 0.4) is 0 Å². The first-order chi connectivity index (χ1) is 15.2. The van der Waals surface area contributed by atoms with Crippen molar-refractivity contribution < 1.29 is 24.6 Å². The summed E-state index contributed by atoms with van der Waals surface area (Å²) >= 11 is 0. The highest BCUT2D eigenvalue weighted by Crippen LogP contribution is 2.62. The SMILES string of the molecule is CC(=O)C1=C(C)N(c2ccc(C)cc2)C2(O)C=CC(=O)C3=C(O)c4ccccc4C(=O)C312. The number of allylic oxidation sites excluding steroid dienone is 2. The van der Waals surface area contributed by atoms with Gasteiger partial charge in [-0.15, -0.1) is 0 Å². The van der Waals surface area contributed by atoms with Crippen molar-refractivity contribution in [3.05, 3.63) is 94.2 Å². The monoisotopic (exact) mass is 427 g/mol. The van der Waals surface area contributed by atoms with Gasteiger partial charge in [-0.25, -0.2) is 0 Å². The number of carbonyl (C=O) groups is 3. The van der Waals surface area contributed by atoms with Crippen molar-refractivity contribution in [2.24, 2.45) is 5.41 Å². The number of aliphatic hydroxyl groups is 2. The lowest BCUT2D eigenvalue weighted by molar-refractivity contribution is -0.116. The van der Waals surface area contributed by atoms with E-state index in [2.05, 4.69) is 0 Å². The second-order valence-electron chi connectivity index (χ2n) is 8.46. The zero-order chi connectivity index (χ0) is 23.0. The summed E-state index contributed by atoms with van der Waals surface area (Å²) < 4.78 is 0. The van der Waals surface area contributed by atoms with Gasteiger partial charge in [0.1, 0.15) is 11.2 Å². The number of Topliss-reactive ketones (excluding diaryl/α,β-unsaturated/α-hetero) is 2. The van der Waals surface area contributed by atoms with Crippen LogP contribution in [0, 0.1) is 12.3 Å². The third-order valence-electron chi connectivity index (χ3n) is 6.70. The Hall–Kier alpha value is -3.77. The molecule has 6 heteroatoms. The number of ketones is 3. The molecule has 5 rings (SSSR count). The number of fused-ring (bicyclic) bond motifs is 1. The summed E-state index contributed by atoms with van der Waals surface area (Å²) in [6.45, 7) is 4.87. The highest BCUT2D eigenvalue weighted by atomic mass is 16.3. The van der Waals surface area contributed by atoms with Crippen molar-refractivity contribution in [3.63, 3.8) is 0 Å². The lowest BCUT2D eigenvalue weighted by Gasteiger charge is -2.49. The molecule has 32 heavy (non-hydrogen) atoms. The minimum Gasteiger partial charge on any atom is -0.507 e. The highest BCUT2D eigenvalue weighted by Gasteiger charge is 2.72. The summed E-state index contributed by atoms with van der Waals surface area (Å²) in [6.07, 6.45) is 2.42. The summed E-state index contributed by atoms with van der Waals surface area (Å²) in [6, 6.07) is 13.6. The molecule has 160 valence electrons. The molecule has 0 fully saturated rings. The van der Waals surface area contributed by atoms with E-state index in [4.69, 9.17) is 0 Å². The number of nitrogens with zero attached hydrogens (tertiary/aromatic N) is 1. The molecule has 3 aliphatic rings. The molecular formula is C26H21NO5. The Kier molecular flexibility index (Phi) is 4.01. The van der Waals surface area contributed by atoms with Crippen molar-refractivity contribution in [2.75, 3.05) is 4.90 Å². The minimum absolute atomic E-state index is 0.000622. The number of hydrogen-bond acceptors (Lipinski definition) is 6. The maximum atomic E-state index is 14.1. The molecule has 1 heterocycles. The van der Waals surface area contributed by atoms with E-state index < -0.39 is 34.2 Å². The lowest BCUT2D eigenvalue weighted by atomic mass is 9.56. The Morgan fingerprint density at radius 2 is 1.59 bits per heavy atom. The summed E-state index contributed by atoms with van der Waals surface area (Å²) in [7, 11) is 0. The molecule has 2 N–H and O–H groups in total. The third-order valence-corrected chi connectivity index (χ3v) is 6.70. The highest BCUT2D eigenvalue weighted by molar-refractivity contribution is 6.27. The molecule has 0 saturated heterocycles. The van der Waals surface area contributed by atoms with E-state index in [1.165, 1.54) is 24.0 Å². The van der Waals surface area contributed by atoms with Gasteiger partial charge in [-0.1, -0.05) is 42.0 Å². The topological polar surface area (TPSA) is 94.9 Å². The van der Waals surface area contributed by atoms with Crippen LogP contribution in [-0.4, -0.2) is 33.3 Å². The Morgan fingerprint density at radius 3 is 2.22 bits per heavy atom. The largest absolute Gasteiger partial charge is 0.507 e. The second kappa shape index (κ2) is 6.37. The summed E-state index contributed by atoms with van der Waals surface area (Å²) in [5.41, 5.74) is -2.21. The molecule has 0 amide bonds. The first-order valence-corrected chi connectivity index (χ1v) is 10.3. The number of carbonyl (C=O) groups excluding carboxylic acids is 3. The summed E-state index contributed by atoms with van der Waals surface area (Å²) in [5.74, 6) is -2.07. The van der Waals surface area contributed by atoms with Crippen LogP contribution in [0.4, 0.5) is 5.69 Å². The van der Waals surface area contributed by atoms with Crippen molar-refractivity contribution in [1.82, 2.24) is 0 Å². The first kappa shape index (κ1) is 20.2. The predicted molar refractivity (Wildman–Crippen MR) is 119 cm³/mol. The van der Waals surface area contributed by atoms with Crippen LogP contribution >= 0.6 is 0 Å². The van der Waals surface area contributed by atoms with E-state index in [0.717, 1.165) is 11.6 Å². The number of benzene rings is 2. The lowest BCUT2D eigenvalue weighted by Crippen LogP contribution is -2.63. The number of rotatable bonds is 2. The van der Waals surface area contributed by atoms with Gasteiger partial charge >= 0.3 is 0 Å². The number of anilines is 1. The predicted octanol–water partition coefficient (Wildman–Crippen LogP) is 3.66. The smallest absolute Gasteiger partial charge is 0.186 e. The molecule has 0 aromatic heterocycles. The first-order valence-electron chi connectivity index (χ1n) is 10.3. The fraction of sp³-hybridized carbons (Fsp3) is 0.192. The molecule has 2 aromatic carbocycles. The minimum atomic E-state index is -2.10. The van der Waals surface area contributed by atoms with Crippen molar-refractivity contribution in [3.8, 4) is 0 Å². The second-order valence-corrected chi connectivity index (χ2v) is 8.46. The van der Waals surface area contributed by atoms with E-state index in [1.807, 2.05) is 19.1 Å². The molecule has 0 bridgehead atoms. The molecule has 1 aliphatic heterocycles. The van der Waals surface area contributed by atoms with Gasteiger partial charge in [0.2, 0.25) is 0 Å². The number of aryl methyl sites for hydroxylation is 1. The standard InChI is InChI=1S/C26H21NO5/c1-14-8-10-17(11-9-14)27-15(2)21(16(3)28)26-22(20(29)12-13-25(26,27)32)23(30)18-6-4-5-7-19(18)24(26)31/h4-13,30,32H,1-3H3. The van der Waals surface area contributed by atoms with Crippen LogP contribution in [0.25, 0.3) is 5.76 Å². The van der Waals surface area contributed by atoms with Crippen LogP contribution in [0.1, 0.15) is 35.3 Å². The van der Waals surface area contributed by atoms with E-state index in [9.17, 15) is 24.6 Å². The summed E-state index contributed by atoms with van der Waals surface area (Å²) in [4.78, 5) is 41.8. The fourth-order valence-corrected chi connectivity index (χ4v) is 5.47. The maximum Gasteiger partial charge on any atom is 0.186 e. The average molecular weight is 427 g/mol. The molecule has 2 aromatic rings. The molecule has 2 aliphatic carbocycles. The van der Waals surface area contributed by atoms with Crippen LogP contribution in [-0.2, 0) is 9.59 Å². The zero-order valence-corrected chi connectivity index (χ0v) is 17.8. The normalized spacial score (nSPS) is 26.3. The zero-order valence-electron chi connectivity index (χ0n) is 17.8. The Balaban J connectivity index is 1.94. The van der Waals surface area contributed by atoms with Gasteiger partial charge in [-0.2, -0.15) is 0 Å². The molecule has 1 spiro atoms. The van der Waals surface area contributed by atoms with E-state index >= 15 is 0 Å². The number of aliphatic hydroxyl groups excluding tert-OH is 1. The van der Waals surface area contributed by atoms with Gasteiger partial charge in [-0.3, -0.25) is 14.4 Å². The molecule has 6 nitrogen and oxygen atoms in total. The fourth-order valence-electron chi connectivity index (χ4n) is 5.47. The van der Waals surface area contributed by atoms with Gasteiger partial charge in [0.05, 0.1) is 5.57 Å². The molecule has 2 unspecified atom stereocenters. The van der Waals surface area contributed by atoms with Crippen molar-refractivity contribution in [1.29, 1.82) is 0 Å². The van der Waals surface area contributed by atoms with Crippen LogP contribution < -0.4 is 4.90 Å². The number of hydrogen-bond donors (Lipinski definition) is 2. The van der Waals surface area contributed by atoms with Gasteiger partial charge in [0.25, 0.3) is 0 Å². The van der Waals surface area contributed by atoms with Gasteiger partial charge in [0.15, 0.2) is 23.1 Å². The quantitative estimate of drug-likeness (QED) is 0.760. The van der Waals surface area contributed by atoms with Crippen molar-refractivity contribution in [2.45, 2.75) is 26.5 Å². The molecular weight excluding hydrogens is 406 g/mol. The van der Waals surface area contributed by atoms with Gasteiger partial charge < -0.3 is 15.1 Å². The average Bonchev–Trinajstić information content (AvgIpc) is 2.97. The van der Waals surface area contributed by atoms with Gasteiger partial charge in [0, 0.05) is 28.1 Å². The molecule has 0 radical (unpaired) electrons. The molecule has 0 saturated carbocycles. The van der Waals surface area contributed by atoms with E-state index in [-0.39, 0.29) is 22.3 Å².